The number of halogens is 4. The van der Waals surface area contributed by atoms with E-state index in [0.717, 1.165) is 31.4 Å². The van der Waals surface area contributed by atoms with Gasteiger partial charge >= 0.3 is 12.1 Å². The van der Waals surface area contributed by atoms with Gasteiger partial charge < -0.3 is 15.2 Å². The van der Waals surface area contributed by atoms with E-state index in [-0.39, 0.29) is 12.0 Å². The number of hydrogen-bond acceptors (Lipinski definition) is 4. The predicted molar refractivity (Wildman–Crippen MR) is 95.5 cm³/mol. The molecule has 0 heterocycles. The molecular weight excluding hydrogens is 399 g/mol. The second-order valence-corrected chi connectivity index (χ2v) is 6.37. The minimum Gasteiger partial charge on any atom is -0.467 e. The maximum absolute atomic E-state index is 12.6. The van der Waals surface area contributed by atoms with Crippen molar-refractivity contribution in [3.63, 3.8) is 0 Å². The Bertz CT molecular complexity index is 823. The molecule has 2 aromatic carbocycles. The quantitative estimate of drug-likeness (QED) is 0.710. The Morgan fingerprint density at radius 1 is 1.11 bits per heavy atom. The molecule has 0 unspecified atom stereocenters. The molecule has 0 aliphatic carbocycles. The zero-order chi connectivity index (χ0) is 20.9. The Kier molecular flexibility index (Phi) is 7.04. The first kappa shape index (κ1) is 21.7. The molecule has 0 spiro atoms. The Balaban J connectivity index is 2.11. The summed E-state index contributed by atoms with van der Waals surface area (Å²) in [6.45, 7) is 0. The summed E-state index contributed by atoms with van der Waals surface area (Å²) in [7, 11) is 1.15. The molecular formula is C19H17ClF3NO4. The van der Waals surface area contributed by atoms with Crippen molar-refractivity contribution in [3.8, 4) is 0 Å². The molecule has 28 heavy (non-hydrogen) atoms. The molecule has 2 aromatic rings. The molecule has 0 saturated carbocycles. The van der Waals surface area contributed by atoms with Crippen molar-refractivity contribution in [2.75, 3.05) is 7.11 Å². The molecule has 2 N–H and O–H groups in total. The van der Waals surface area contributed by atoms with E-state index in [2.05, 4.69) is 10.1 Å². The summed E-state index contributed by atoms with van der Waals surface area (Å²) in [5.74, 6) is -1.67. The van der Waals surface area contributed by atoms with Crippen LogP contribution in [0.4, 0.5) is 13.2 Å². The second kappa shape index (κ2) is 9.07. The van der Waals surface area contributed by atoms with E-state index in [9.17, 15) is 27.9 Å². The Morgan fingerprint density at radius 3 is 2.18 bits per heavy atom. The highest BCUT2D eigenvalue weighted by molar-refractivity contribution is 6.30. The zero-order valence-electron chi connectivity index (χ0n) is 14.7. The monoisotopic (exact) mass is 415 g/mol. The van der Waals surface area contributed by atoms with E-state index >= 15 is 0 Å². The average molecular weight is 416 g/mol. The Hall–Kier alpha value is -2.58. The molecule has 0 aliphatic rings. The van der Waals surface area contributed by atoms with Crippen LogP contribution in [0.15, 0.2) is 48.5 Å². The normalized spacial score (nSPS) is 13.5. The number of nitrogens with one attached hydrogen (secondary N) is 1. The van der Waals surface area contributed by atoms with Gasteiger partial charge in [0.05, 0.1) is 12.7 Å². The number of aliphatic hydroxyl groups is 1. The van der Waals surface area contributed by atoms with Crippen molar-refractivity contribution in [3.05, 3.63) is 70.2 Å². The van der Waals surface area contributed by atoms with E-state index in [1.807, 2.05) is 0 Å². The Labute approximate surface area is 164 Å². The molecule has 9 heteroatoms. The lowest BCUT2D eigenvalue weighted by molar-refractivity contribution is -0.146. The summed E-state index contributed by atoms with van der Waals surface area (Å²) in [5.41, 5.74) is -0.260. The highest BCUT2D eigenvalue weighted by atomic mass is 35.5. The number of carbonyl (C=O) groups excluding carboxylic acids is 2. The lowest BCUT2D eigenvalue weighted by atomic mass is 10.0. The SMILES string of the molecule is COC(=O)[C@@H](Cc1ccc(Cl)cc1)NC(=O)[C@H](O)c1ccc(C(F)(F)F)cc1. The smallest absolute Gasteiger partial charge is 0.416 e. The lowest BCUT2D eigenvalue weighted by Gasteiger charge is -2.19. The van der Waals surface area contributed by atoms with Crippen LogP contribution in [0, 0.1) is 0 Å². The number of esters is 1. The lowest BCUT2D eigenvalue weighted by Crippen LogP contribution is -2.45. The minimum absolute atomic E-state index is 0.0411. The third-order valence-electron chi connectivity index (χ3n) is 3.96. The topological polar surface area (TPSA) is 75.6 Å². The fraction of sp³-hybridized carbons (Fsp3) is 0.263. The van der Waals surface area contributed by atoms with Crippen LogP contribution >= 0.6 is 11.6 Å². The largest absolute Gasteiger partial charge is 0.467 e. The first-order valence-electron chi connectivity index (χ1n) is 8.09. The average Bonchev–Trinajstić information content (AvgIpc) is 2.67. The van der Waals surface area contributed by atoms with Crippen molar-refractivity contribution in [2.24, 2.45) is 0 Å². The number of ether oxygens (including phenoxy) is 1. The summed E-state index contributed by atoms with van der Waals surface area (Å²) in [4.78, 5) is 24.3. The molecule has 0 bridgehead atoms. The molecule has 0 saturated heterocycles. The van der Waals surface area contributed by atoms with Gasteiger partial charge in [0.1, 0.15) is 6.04 Å². The number of benzene rings is 2. The van der Waals surface area contributed by atoms with E-state index < -0.39 is 35.8 Å². The van der Waals surface area contributed by atoms with Gasteiger partial charge in [-0.2, -0.15) is 13.2 Å². The zero-order valence-corrected chi connectivity index (χ0v) is 15.4. The molecule has 5 nitrogen and oxygen atoms in total. The maximum Gasteiger partial charge on any atom is 0.416 e. The molecule has 150 valence electrons. The van der Waals surface area contributed by atoms with Crippen LogP contribution in [0.2, 0.25) is 5.02 Å². The summed E-state index contributed by atoms with van der Waals surface area (Å²) < 4.78 is 42.5. The standard InChI is InChI=1S/C19H17ClF3NO4/c1-28-18(27)15(10-11-2-8-14(20)9-3-11)24-17(26)16(25)12-4-6-13(7-5-12)19(21,22)23/h2-9,15-16,25H,10H2,1H3,(H,24,26)/t15-,16-/m1/s1. The number of hydrogen-bond donors (Lipinski definition) is 2. The second-order valence-electron chi connectivity index (χ2n) is 5.94. The van der Waals surface area contributed by atoms with Gasteiger partial charge in [-0.15, -0.1) is 0 Å². The van der Waals surface area contributed by atoms with E-state index in [1.165, 1.54) is 0 Å². The molecule has 0 aliphatic heterocycles. The summed E-state index contributed by atoms with van der Waals surface area (Å²) in [6.07, 6.45) is -6.20. The van der Waals surface area contributed by atoms with Crippen LogP contribution in [0.25, 0.3) is 0 Å². The van der Waals surface area contributed by atoms with Gasteiger partial charge in [-0.1, -0.05) is 35.9 Å². The number of carbonyl (C=O) groups is 2. The van der Waals surface area contributed by atoms with Gasteiger partial charge in [0.25, 0.3) is 5.91 Å². The summed E-state index contributed by atoms with van der Waals surface area (Å²) in [5, 5.41) is 13.0. The first-order valence-corrected chi connectivity index (χ1v) is 8.47. The van der Waals surface area contributed by atoms with Crippen molar-refractivity contribution >= 4 is 23.5 Å². The molecule has 0 fully saturated rings. The van der Waals surface area contributed by atoms with Gasteiger partial charge in [-0.05, 0) is 35.4 Å². The van der Waals surface area contributed by atoms with Gasteiger partial charge in [-0.25, -0.2) is 4.79 Å². The van der Waals surface area contributed by atoms with Crippen LogP contribution in [-0.4, -0.2) is 30.1 Å². The number of alkyl halides is 3. The van der Waals surface area contributed by atoms with Gasteiger partial charge in [0.15, 0.2) is 6.10 Å². The van der Waals surface area contributed by atoms with E-state index in [0.29, 0.717) is 10.6 Å². The molecule has 1 amide bonds. The maximum atomic E-state index is 12.6. The fourth-order valence-corrected chi connectivity index (χ4v) is 2.57. The third-order valence-corrected chi connectivity index (χ3v) is 4.21. The molecule has 0 radical (unpaired) electrons. The van der Waals surface area contributed by atoms with Crippen molar-refractivity contribution < 1.29 is 32.6 Å². The van der Waals surface area contributed by atoms with Crippen LogP contribution in [-0.2, 0) is 26.9 Å². The van der Waals surface area contributed by atoms with Crippen molar-refractivity contribution in [1.82, 2.24) is 5.32 Å². The third kappa shape index (κ3) is 5.71. The highest BCUT2D eigenvalue weighted by Crippen LogP contribution is 2.30. The Morgan fingerprint density at radius 2 is 1.68 bits per heavy atom. The van der Waals surface area contributed by atoms with E-state index in [1.54, 1.807) is 24.3 Å². The molecule has 2 rings (SSSR count). The van der Waals surface area contributed by atoms with E-state index in [4.69, 9.17) is 11.6 Å². The van der Waals surface area contributed by atoms with Crippen LogP contribution in [0.1, 0.15) is 22.8 Å². The number of methoxy groups -OCH3 is 1. The van der Waals surface area contributed by atoms with Crippen molar-refractivity contribution in [1.29, 1.82) is 0 Å². The van der Waals surface area contributed by atoms with Crippen LogP contribution in [0.3, 0.4) is 0 Å². The van der Waals surface area contributed by atoms with Crippen LogP contribution < -0.4 is 5.32 Å². The first-order chi connectivity index (χ1) is 13.1. The molecule has 2 atom stereocenters. The minimum atomic E-state index is -4.53. The number of rotatable bonds is 6. The predicted octanol–water partition coefficient (Wildman–Crippen LogP) is 3.29. The van der Waals surface area contributed by atoms with Crippen LogP contribution in [0.5, 0.6) is 0 Å². The molecule has 0 aromatic heterocycles. The summed E-state index contributed by atoms with van der Waals surface area (Å²) in [6, 6.07) is 8.98. The number of aliphatic hydroxyl groups excluding tert-OH is 1. The van der Waals surface area contributed by atoms with Gasteiger partial charge in [0.2, 0.25) is 0 Å². The van der Waals surface area contributed by atoms with Crippen molar-refractivity contribution in [2.45, 2.75) is 24.7 Å². The number of amides is 1. The van der Waals surface area contributed by atoms with Gasteiger partial charge in [-0.3, -0.25) is 4.79 Å². The fourth-order valence-electron chi connectivity index (χ4n) is 2.45. The summed E-state index contributed by atoms with van der Waals surface area (Å²) >= 11 is 5.81. The van der Waals surface area contributed by atoms with Gasteiger partial charge in [0, 0.05) is 11.4 Å². The highest BCUT2D eigenvalue weighted by Gasteiger charge is 2.31.